The van der Waals surface area contributed by atoms with Crippen molar-refractivity contribution in [3.63, 3.8) is 0 Å². The van der Waals surface area contributed by atoms with Crippen LogP contribution in [0.4, 0.5) is 14.5 Å². The first-order valence-corrected chi connectivity index (χ1v) is 13.6. The third-order valence-electron chi connectivity index (χ3n) is 6.55. The lowest BCUT2D eigenvalue weighted by Gasteiger charge is -2.30. The molecule has 0 atom stereocenters. The van der Waals surface area contributed by atoms with Gasteiger partial charge in [0.1, 0.15) is 17.3 Å². The smallest absolute Gasteiger partial charge is 0.248 e. The third-order valence-corrected chi connectivity index (χ3v) is 8.61. The van der Waals surface area contributed by atoms with E-state index in [4.69, 9.17) is 4.52 Å². The van der Waals surface area contributed by atoms with Gasteiger partial charge in [0.2, 0.25) is 15.9 Å². The van der Waals surface area contributed by atoms with Crippen molar-refractivity contribution in [2.75, 3.05) is 32.1 Å². The fourth-order valence-electron chi connectivity index (χ4n) is 4.33. The van der Waals surface area contributed by atoms with Gasteiger partial charge in [0.05, 0.1) is 0 Å². The number of piperidine rings is 1. The number of halogens is 2. The predicted molar refractivity (Wildman–Crippen MR) is 141 cm³/mol. The fraction of sp³-hybridized carbons (Fsp3) is 0.333. The number of nitrogens with one attached hydrogen (secondary N) is 1. The summed E-state index contributed by atoms with van der Waals surface area (Å²) in [6.07, 6.45) is 3.36. The van der Waals surface area contributed by atoms with Gasteiger partial charge < -0.3 is 14.7 Å². The van der Waals surface area contributed by atoms with Crippen molar-refractivity contribution in [2.45, 2.75) is 31.2 Å². The van der Waals surface area contributed by atoms with Crippen LogP contribution in [0.3, 0.4) is 0 Å². The summed E-state index contributed by atoms with van der Waals surface area (Å²) < 4.78 is 60.6. The Kier molecular flexibility index (Phi) is 8.27. The number of carbonyl (C=O) groups excluding carboxylic acids is 1. The molecule has 202 valence electrons. The van der Waals surface area contributed by atoms with Crippen LogP contribution in [-0.2, 0) is 21.4 Å². The first-order valence-electron chi connectivity index (χ1n) is 12.2. The number of hydrogen-bond donors (Lipinski definition) is 1. The highest BCUT2D eigenvalue weighted by Crippen LogP contribution is 2.29. The van der Waals surface area contributed by atoms with E-state index in [9.17, 15) is 22.0 Å². The molecule has 0 aliphatic carbocycles. The van der Waals surface area contributed by atoms with E-state index in [1.54, 1.807) is 0 Å². The number of carbonyl (C=O) groups is 1. The quantitative estimate of drug-likeness (QED) is 0.457. The van der Waals surface area contributed by atoms with Gasteiger partial charge in [0, 0.05) is 57.0 Å². The van der Waals surface area contributed by atoms with Crippen molar-refractivity contribution in [3.8, 4) is 0 Å². The first kappa shape index (κ1) is 27.5. The van der Waals surface area contributed by atoms with Crippen LogP contribution in [0.25, 0.3) is 12.2 Å². The van der Waals surface area contributed by atoms with Gasteiger partial charge in [-0.1, -0.05) is 17.3 Å². The molecule has 0 bridgehead atoms. The molecule has 0 unspecified atom stereocenters. The average molecular weight is 545 g/mol. The number of aryl methyl sites for hydroxylation is 1. The number of anilines is 1. The van der Waals surface area contributed by atoms with Crippen LogP contribution in [0.5, 0.6) is 0 Å². The molecule has 8 nitrogen and oxygen atoms in total. The Hall–Kier alpha value is -3.57. The number of aromatic nitrogens is 1. The lowest BCUT2D eigenvalue weighted by atomic mass is 9.97. The maximum atomic E-state index is 14.0. The predicted octanol–water partition coefficient (Wildman–Crippen LogP) is 4.21. The maximum absolute atomic E-state index is 14.0. The second-order valence-electron chi connectivity index (χ2n) is 9.42. The summed E-state index contributed by atoms with van der Waals surface area (Å²) in [6.45, 7) is 2.24. The molecular formula is C27H30F2N4O4S. The number of benzene rings is 2. The molecule has 11 heteroatoms. The zero-order valence-corrected chi connectivity index (χ0v) is 22.3. The third kappa shape index (κ3) is 6.11. The van der Waals surface area contributed by atoms with Gasteiger partial charge in [-0.05, 0) is 61.7 Å². The van der Waals surface area contributed by atoms with Crippen LogP contribution >= 0.6 is 0 Å². The molecule has 38 heavy (non-hydrogen) atoms. The Morgan fingerprint density at radius 3 is 2.45 bits per heavy atom. The molecule has 0 spiro atoms. The summed E-state index contributed by atoms with van der Waals surface area (Å²) in [7, 11) is -0.0630. The Morgan fingerprint density at radius 1 is 1.13 bits per heavy atom. The molecule has 4 rings (SSSR count). The van der Waals surface area contributed by atoms with Gasteiger partial charge in [-0.15, -0.1) is 0 Å². The second-order valence-corrected chi connectivity index (χ2v) is 11.3. The van der Waals surface area contributed by atoms with E-state index in [1.807, 2.05) is 43.3 Å². The number of amides is 1. The van der Waals surface area contributed by atoms with Crippen LogP contribution in [-0.4, -0.2) is 51.0 Å². The number of sulfonamides is 1. The highest BCUT2D eigenvalue weighted by atomic mass is 32.2. The Morgan fingerprint density at radius 2 is 1.82 bits per heavy atom. The second kappa shape index (κ2) is 11.4. The summed E-state index contributed by atoms with van der Waals surface area (Å²) in [5.41, 5.74) is 2.29. The van der Waals surface area contributed by atoms with Crippen LogP contribution < -0.4 is 10.2 Å². The minimum atomic E-state index is -3.98. The Labute approximate surface area is 221 Å². The van der Waals surface area contributed by atoms with Crippen LogP contribution in [0.15, 0.2) is 51.9 Å². The van der Waals surface area contributed by atoms with Gasteiger partial charge >= 0.3 is 0 Å². The van der Waals surface area contributed by atoms with E-state index in [0.29, 0.717) is 19.4 Å². The number of hydrogen-bond acceptors (Lipinski definition) is 6. The van der Waals surface area contributed by atoms with E-state index in [1.165, 1.54) is 29.4 Å². The highest BCUT2D eigenvalue weighted by molar-refractivity contribution is 7.89. The summed E-state index contributed by atoms with van der Waals surface area (Å²) in [4.78, 5) is 14.6. The molecule has 1 saturated heterocycles. The van der Waals surface area contributed by atoms with Crippen LogP contribution in [0, 0.1) is 24.5 Å². The van der Waals surface area contributed by atoms with Crippen LogP contribution in [0.2, 0.25) is 0 Å². The van der Waals surface area contributed by atoms with E-state index in [0.717, 1.165) is 23.4 Å². The fourth-order valence-corrected chi connectivity index (χ4v) is 6.05. The van der Waals surface area contributed by atoms with E-state index in [2.05, 4.69) is 10.5 Å². The van der Waals surface area contributed by atoms with E-state index >= 15 is 0 Å². The molecule has 1 aromatic heterocycles. The van der Waals surface area contributed by atoms with Gasteiger partial charge in [-0.2, -0.15) is 4.31 Å². The molecule has 1 N–H and O–H groups in total. The minimum absolute atomic E-state index is 0.0497. The first-order chi connectivity index (χ1) is 18.1. The summed E-state index contributed by atoms with van der Waals surface area (Å²) in [6, 6.07) is 11.0. The van der Waals surface area contributed by atoms with Gasteiger partial charge in [0.15, 0.2) is 10.7 Å². The molecule has 2 heterocycles. The van der Waals surface area contributed by atoms with E-state index < -0.39 is 21.7 Å². The number of nitrogens with zero attached hydrogens (tertiary/aromatic N) is 3. The normalized spacial score (nSPS) is 15.2. The minimum Gasteiger partial charge on any atom is -0.378 e. The van der Waals surface area contributed by atoms with E-state index in [-0.39, 0.29) is 46.8 Å². The molecule has 1 fully saturated rings. The highest BCUT2D eigenvalue weighted by Gasteiger charge is 2.35. The Bertz CT molecular complexity index is 1430. The van der Waals surface area contributed by atoms with Crippen molar-refractivity contribution in [1.82, 2.24) is 14.8 Å². The summed E-state index contributed by atoms with van der Waals surface area (Å²) >= 11 is 0. The zero-order chi connectivity index (χ0) is 27.4. The summed E-state index contributed by atoms with van der Waals surface area (Å²) in [5, 5.41) is 6.73. The monoisotopic (exact) mass is 544 g/mol. The van der Waals surface area contributed by atoms with Gasteiger partial charge in [-0.25, -0.2) is 17.2 Å². The molecule has 3 aromatic rings. The topological polar surface area (TPSA) is 95.8 Å². The van der Waals surface area contributed by atoms with Crippen molar-refractivity contribution in [2.24, 2.45) is 5.92 Å². The molecule has 0 radical (unpaired) electrons. The molecule has 1 aliphatic heterocycles. The SMILES string of the molecule is Cc1noc(/C=C/c2ccc(F)cc2F)c1S(=O)(=O)N1CCC(C(=O)NCc2ccc(N(C)C)cc2)CC1. The van der Waals surface area contributed by atoms with Crippen LogP contribution in [0.1, 0.15) is 35.4 Å². The zero-order valence-electron chi connectivity index (χ0n) is 21.4. The van der Waals surface area contributed by atoms with Gasteiger partial charge in [-0.3, -0.25) is 4.79 Å². The molecular weight excluding hydrogens is 514 g/mol. The largest absolute Gasteiger partial charge is 0.378 e. The molecule has 0 saturated carbocycles. The van der Waals surface area contributed by atoms with Gasteiger partial charge in [0.25, 0.3) is 0 Å². The van der Waals surface area contributed by atoms with Crippen molar-refractivity contribution in [3.05, 3.63) is 76.7 Å². The van der Waals surface area contributed by atoms with Crippen molar-refractivity contribution in [1.29, 1.82) is 0 Å². The maximum Gasteiger partial charge on any atom is 0.248 e. The standard InChI is InChI=1S/C27H30F2N4O4S/c1-18-26(25(37-31-18)11-7-20-6-8-22(28)16-24(20)29)38(35,36)33-14-12-21(13-15-33)27(34)30-17-19-4-9-23(10-5-19)32(2)3/h4-11,16,21H,12-15,17H2,1-3H3,(H,30,34)/b11-7+. The molecule has 1 aliphatic rings. The van der Waals surface area contributed by atoms with Crippen molar-refractivity contribution >= 4 is 33.8 Å². The summed E-state index contributed by atoms with van der Waals surface area (Å²) in [5.74, 6) is -1.95. The molecule has 1 amide bonds. The Balaban J connectivity index is 1.38. The number of rotatable bonds is 8. The lowest BCUT2D eigenvalue weighted by molar-refractivity contribution is -0.126. The lowest BCUT2D eigenvalue weighted by Crippen LogP contribution is -2.43. The van der Waals surface area contributed by atoms with Crippen molar-refractivity contribution < 1.29 is 26.5 Å². The molecule has 2 aromatic carbocycles. The average Bonchev–Trinajstić information content (AvgIpc) is 3.28.